The van der Waals surface area contributed by atoms with Crippen molar-refractivity contribution in [3.8, 4) is 5.69 Å². The highest BCUT2D eigenvalue weighted by molar-refractivity contribution is 6.42. The average molecular weight is 460 g/mol. The van der Waals surface area contributed by atoms with E-state index in [1.165, 1.54) is 0 Å². The van der Waals surface area contributed by atoms with Crippen molar-refractivity contribution in [2.24, 2.45) is 4.99 Å². The predicted octanol–water partition coefficient (Wildman–Crippen LogP) is 3.79. The Morgan fingerprint density at radius 3 is 2.33 bits per heavy atom. The summed E-state index contributed by atoms with van der Waals surface area (Å²) < 4.78 is 9.46. The third kappa shape index (κ3) is 7.85. The van der Waals surface area contributed by atoms with Crippen molar-refractivity contribution < 1.29 is 24.5 Å². The van der Waals surface area contributed by atoms with E-state index in [1.54, 1.807) is 7.11 Å². The molecular weight excluding hydrogens is 433 g/mol. The second-order valence-corrected chi connectivity index (χ2v) is 7.20. The van der Waals surface area contributed by atoms with Gasteiger partial charge in [0.05, 0.1) is 15.7 Å². The molecule has 0 bridgehead atoms. The van der Waals surface area contributed by atoms with E-state index in [0.29, 0.717) is 16.7 Å². The molecule has 0 spiro atoms. The summed E-state index contributed by atoms with van der Waals surface area (Å²) in [6, 6.07) is 5.68. The molecule has 1 heterocycles. The standard InChI is InChI=1S/C18H25Cl2N3O.C2H2O4/c1-4-5-10-22-13-14(2)23(18(22)21-9-6-11-24-3)15-7-8-16(19)17(20)12-15;3-1(4)2(5)6/h7-8,12-13H,4-6,9-11H2,1-3H3;(H,3,4)(H,5,6). The van der Waals surface area contributed by atoms with Gasteiger partial charge < -0.3 is 19.5 Å². The Labute approximate surface area is 185 Å². The van der Waals surface area contributed by atoms with Crippen LogP contribution in [0.25, 0.3) is 5.69 Å². The first-order valence-corrected chi connectivity index (χ1v) is 10.2. The highest BCUT2D eigenvalue weighted by atomic mass is 35.5. The number of hydrogen-bond donors (Lipinski definition) is 2. The van der Waals surface area contributed by atoms with Crippen LogP contribution in [0, 0.1) is 6.92 Å². The van der Waals surface area contributed by atoms with Crippen molar-refractivity contribution in [2.45, 2.75) is 39.7 Å². The third-order valence-electron chi connectivity index (χ3n) is 4.01. The van der Waals surface area contributed by atoms with E-state index < -0.39 is 11.9 Å². The average Bonchev–Trinajstić information content (AvgIpc) is 3.01. The van der Waals surface area contributed by atoms with Gasteiger partial charge in [0, 0.05) is 38.7 Å². The van der Waals surface area contributed by atoms with Gasteiger partial charge in [-0.25, -0.2) is 9.59 Å². The summed E-state index contributed by atoms with van der Waals surface area (Å²) in [4.78, 5) is 23.0. The van der Waals surface area contributed by atoms with Gasteiger partial charge >= 0.3 is 11.9 Å². The number of halogens is 2. The molecule has 8 nitrogen and oxygen atoms in total. The van der Waals surface area contributed by atoms with Crippen LogP contribution in [0.4, 0.5) is 0 Å². The zero-order chi connectivity index (χ0) is 22.7. The zero-order valence-electron chi connectivity index (χ0n) is 17.3. The van der Waals surface area contributed by atoms with E-state index in [9.17, 15) is 0 Å². The number of aliphatic carboxylic acids is 2. The van der Waals surface area contributed by atoms with Crippen LogP contribution >= 0.6 is 23.2 Å². The SMILES string of the molecule is CCCCn1cc(C)n(-c2ccc(Cl)c(Cl)c2)c1=NCCCOC.O=C(O)C(=O)O. The lowest BCUT2D eigenvalue weighted by molar-refractivity contribution is -0.159. The molecule has 0 saturated carbocycles. The van der Waals surface area contributed by atoms with E-state index in [2.05, 4.69) is 29.2 Å². The number of ether oxygens (including phenoxy) is 1. The normalized spacial score (nSPS) is 11.2. The van der Waals surface area contributed by atoms with Crippen molar-refractivity contribution in [3.05, 3.63) is 45.8 Å². The molecule has 0 radical (unpaired) electrons. The monoisotopic (exact) mass is 459 g/mol. The van der Waals surface area contributed by atoms with Crippen LogP contribution in [-0.2, 0) is 20.9 Å². The second-order valence-electron chi connectivity index (χ2n) is 6.39. The van der Waals surface area contributed by atoms with Gasteiger partial charge in [-0.15, -0.1) is 0 Å². The molecule has 0 aliphatic carbocycles. The molecule has 30 heavy (non-hydrogen) atoms. The van der Waals surface area contributed by atoms with Crippen LogP contribution in [0.2, 0.25) is 10.0 Å². The number of hydrogen-bond acceptors (Lipinski definition) is 4. The third-order valence-corrected chi connectivity index (χ3v) is 4.75. The lowest BCUT2D eigenvalue weighted by atomic mass is 10.3. The molecule has 0 aliphatic heterocycles. The minimum Gasteiger partial charge on any atom is -0.473 e. The van der Waals surface area contributed by atoms with Crippen LogP contribution in [0.15, 0.2) is 29.4 Å². The maximum Gasteiger partial charge on any atom is 0.414 e. The molecule has 10 heteroatoms. The van der Waals surface area contributed by atoms with Crippen molar-refractivity contribution in [1.29, 1.82) is 0 Å². The van der Waals surface area contributed by atoms with E-state index >= 15 is 0 Å². The number of carbonyl (C=O) groups is 2. The fourth-order valence-corrected chi connectivity index (χ4v) is 2.91. The van der Waals surface area contributed by atoms with Crippen LogP contribution in [-0.4, -0.2) is 51.5 Å². The molecule has 1 aromatic heterocycles. The summed E-state index contributed by atoms with van der Waals surface area (Å²) in [5.41, 5.74) is 3.04. The fourth-order valence-electron chi connectivity index (χ4n) is 2.61. The largest absolute Gasteiger partial charge is 0.473 e. The number of aromatic nitrogens is 2. The molecule has 0 unspecified atom stereocenters. The summed E-state index contributed by atoms with van der Waals surface area (Å²) in [5, 5.41) is 15.9. The van der Waals surface area contributed by atoms with Crippen LogP contribution in [0.3, 0.4) is 0 Å². The summed E-state index contributed by atoms with van der Waals surface area (Å²) in [6.07, 6.45) is 5.31. The van der Waals surface area contributed by atoms with E-state index in [-0.39, 0.29) is 0 Å². The summed E-state index contributed by atoms with van der Waals surface area (Å²) in [6.45, 7) is 6.67. The van der Waals surface area contributed by atoms with Crippen LogP contribution in [0.5, 0.6) is 0 Å². The Bertz CT molecular complexity index is 910. The molecule has 0 aliphatic rings. The first-order valence-electron chi connectivity index (χ1n) is 9.42. The van der Waals surface area contributed by atoms with E-state index in [4.69, 9.17) is 52.7 Å². The number of aryl methyl sites for hydroxylation is 2. The number of nitrogens with zero attached hydrogens (tertiary/aromatic N) is 3. The van der Waals surface area contributed by atoms with Gasteiger partial charge in [-0.05, 0) is 38.0 Å². The van der Waals surface area contributed by atoms with Crippen LogP contribution in [0.1, 0.15) is 31.9 Å². The van der Waals surface area contributed by atoms with Gasteiger partial charge in [0.2, 0.25) is 5.62 Å². The zero-order valence-corrected chi connectivity index (χ0v) is 18.8. The molecule has 1 aromatic carbocycles. The van der Waals surface area contributed by atoms with E-state index in [1.807, 2.05) is 18.2 Å². The topological polar surface area (TPSA) is 106 Å². The van der Waals surface area contributed by atoms with Crippen LogP contribution < -0.4 is 5.62 Å². The first kappa shape index (κ1) is 25.7. The Morgan fingerprint density at radius 2 is 1.80 bits per heavy atom. The maximum atomic E-state index is 9.10. The van der Waals surface area contributed by atoms with Gasteiger partial charge in [-0.2, -0.15) is 0 Å². The Kier molecular flexibility index (Phi) is 11.2. The van der Waals surface area contributed by atoms with Gasteiger partial charge in [0.15, 0.2) is 0 Å². The van der Waals surface area contributed by atoms with Gasteiger partial charge in [-0.3, -0.25) is 9.56 Å². The number of methoxy groups -OCH3 is 1. The summed E-state index contributed by atoms with van der Waals surface area (Å²) >= 11 is 12.3. The van der Waals surface area contributed by atoms with Crippen molar-refractivity contribution in [1.82, 2.24) is 9.13 Å². The fraction of sp³-hybridized carbons (Fsp3) is 0.450. The molecule has 2 N–H and O–H groups in total. The Morgan fingerprint density at radius 1 is 1.13 bits per heavy atom. The number of unbranched alkanes of at least 4 members (excludes halogenated alkanes) is 1. The highest BCUT2D eigenvalue weighted by Crippen LogP contribution is 2.24. The van der Waals surface area contributed by atoms with Crippen molar-refractivity contribution in [3.63, 3.8) is 0 Å². The molecule has 0 amide bonds. The highest BCUT2D eigenvalue weighted by Gasteiger charge is 2.10. The Balaban J connectivity index is 0.000000656. The lowest BCUT2D eigenvalue weighted by Gasteiger charge is -2.08. The smallest absolute Gasteiger partial charge is 0.414 e. The Hall–Kier alpha value is -2.29. The number of benzene rings is 1. The minimum absolute atomic E-state index is 0.549. The number of imidazole rings is 1. The van der Waals surface area contributed by atoms with E-state index in [0.717, 1.165) is 49.4 Å². The molecular formula is C20H27Cl2N3O5. The quantitative estimate of drug-likeness (QED) is 0.461. The van der Waals surface area contributed by atoms with Crippen molar-refractivity contribution in [2.75, 3.05) is 20.3 Å². The summed E-state index contributed by atoms with van der Waals surface area (Å²) in [5.74, 6) is -3.65. The molecule has 166 valence electrons. The minimum atomic E-state index is -1.82. The number of carboxylic acids is 2. The molecule has 0 atom stereocenters. The molecule has 0 saturated heterocycles. The lowest BCUT2D eigenvalue weighted by Crippen LogP contribution is -2.26. The molecule has 2 aromatic rings. The summed E-state index contributed by atoms with van der Waals surface area (Å²) in [7, 11) is 1.71. The first-order chi connectivity index (χ1) is 14.2. The second kappa shape index (κ2) is 13.1. The van der Waals surface area contributed by atoms with Crippen molar-refractivity contribution >= 4 is 35.1 Å². The number of carboxylic acid groups (broad SMARTS) is 2. The molecule has 2 rings (SSSR count). The maximum absolute atomic E-state index is 9.10. The predicted molar refractivity (Wildman–Crippen MR) is 116 cm³/mol. The van der Waals surface area contributed by atoms with Gasteiger partial charge in [-0.1, -0.05) is 36.5 Å². The molecule has 0 fully saturated rings. The number of rotatable bonds is 8. The van der Waals surface area contributed by atoms with Gasteiger partial charge in [0.25, 0.3) is 0 Å². The van der Waals surface area contributed by atoms with Gasteiger partial charge in [0.1, 0.15) is 0 Å².